The minimum atomic E-state index is 0.401. The molecule has 2 atom stereocenters. The highest BCUT2D eigenvalue weighted by Gasteiger charge is 2.21. The van der Waals surface area contributed by atoms with Crippen molar-refractivity contribution in [3.05, 3.63) is 129 Å². The number of nitrogen functional groups attached to an aromatic ring is 2. The van der Waals surface area contributed by atoms with Crippen LogP contribution in [0, 0.1) is 13.8 Å². The topological polar surface area (TPSA) is 52.0 Å². The van der Waals surface area contributed by atoms with Crippen LogP contribution >= 0.6 is 0 Å². The highest BCUT2D eigenvalue weighted by molar-refractivity contribution is 5.50. The Balaban J connectivity index is 1.60. The molecule has 0 saturated carbocycles. The number of benzene rings is 4. The maximum atomic E-state index is 6.17. The monoisotopic (exact) mass is 687 g/mol. The van der Waals surface area contributed by atoms with Gasteiger partial charge in [0.1, 0.15) is 0 Å². The number of nitrogens with two attached hydrogens (primary N) is 2. The molecule has 0 fully saturated rings. The van der Waals surface area contributed by atoms with E-state index in [1.54, 1.807) is 0 Å². The molecule has 0 aliphatic carbocycles. The van der Waals surface area contributed by atoms with Crippen molar-refractivity contribution < 1.29 is 0 Å². The molecule has 4 N–H and O–H groups in total. The molecule has 51 heavy (non-hydrogen) atoms. The first-order chi connectivity index (χ1) is 24.9. The third-order valence-corrected chi connectivity index (χ3v) is 11.4. The van der Waals surface area contributed by atoms with Gasteiger partial charge in [-0.25, -0.2) is 0 Å². The van der Waals surface area contributed by atoms with Crippen LogP contribution in [0.2, 0.25) is 0 Å². The Kier molecular flexibility index (Phi) is 17.2. The van der Waals surface area contributed by atoms with Gasteiger partial charge in [0.15, 0.2) is 0 Å². The van der Waals surface area contributed by atoms with E-state index in [-0.39, 0.29) is 0 Å². The van der Waals surface area contributed by atoms with Gasteiger partial charge >= 0.3 is 0 Å². The molecule has 0 heterocycles. The summed E-state index contributed by atoms with van der Waals surface area (Å²) in [7, 11) is 0. The molecule has 0 amide bonds. The Bertz CT molecular complexity index is 1440. The van der Waals surface area contributed by atoms with Crippen LogP contribution in [0.1, 0.15) is 192 Å². The SMILES string of the molecule is CCCCCCCCCCC(c1ccc(C(CCCCC)c2ccc(N)cc2C)cc1)c1ccc(C(CCCCC)c2ccc(N)cc2C)cc1. The number of aryl methyl sites for hydroxylation is 2. The first-order valence-corrected chi connectivity index (χ1v) is 20.8. The van der Waals surface area contributed by atoms with Crippen molar-refractivity contribution in [3.8, 4) is 0 Å². The van der Waals surface area contributed by atoms with Gasteiger partial charge in [0.05, 0.1) is 0 Å². The molecule has 0 aliphatic heterocycles. The lowest BCUT2D eigenvalue weighted by atomic mass is 9.81. The van der Waals surface area contributed by atoms with Crippen LogP contribution in [-0.2, 0) is 0 Å². The normalized spacial score (nSPS) is 13.3. The van der Waals surface area contributed by atoms with Crippen molar-refractivity contribution in [2.24, 2.45) is 0 Å². The molecule has 4 aromatic carbocycles. The molecule has 276 valence electrons. The molecule has 2 nitrogen and oxygen atoms in total. The van der Waals surface area contributed by atoms with E-state index >= 15 is 0 Å². The predicted molar refractivity (Wildman–Crippen MR) is 225 cm³/mol. The summed E-state index contributed by atoms with van der Waals surface area (Å²) < 4.78 is 0. The van der Waals surface area contributed by atoms with E-state index in [9.17, 15) is 0 Å². The van der Waals surface area contributed by atoms with Crippen LogP contribution in [-0.4, -0.2) is 0 Å². The third kappa shape index (κ3) is 12.3. The predicted octanol–water partition coefficient (Wildman–Crippen LogP) is 14.6. The fourth-order valence-corrected chi connectivity index (χ4v) is 8.31. The van der Waals surface area contributed by atoms with Crippen LogP contribution in [0.25, 0.3) is 0 Å². The lowest BCUT2D eigenvalue weighted by molar-refractivity contribution is 0.551. The summed E-state index contributed by atoms with van der Waals surface area (Å²) in [4.78, 5) is 0. The highest BCUT2D eigenvalue weighted by atomic mass is 14.5. The first-order valence-electron chi connectivity index (χ1n) is 20.8. The van der Waals surface area contributed by atoms with Crippen molar-refractivity contribution >= 4 is 11.4 Å². The molecule has 0 radical (unpaired) electrons. The summed E-state index contributed by atoms with van der Waals surface area (Å²) in [6.07, 6.45) is 21.9. The van der Waals surface area contributed by atoms with E-state index in [1.165, 1.54) is 154 Å². The molecule has 4 rings (SSSR count). The Morgan fingerprint density at radius 2 is 0.667 bits per heavy atom. The molecule has 0 spiro atoms. The standard InChI is InChI=1S/C49H70N2/c1-6-9-12-13-14-15-16-19-20-47(39-23-27-41(28-24-39)48(21-17-10-7-2)45-33-31-43(50)35-37(45)4)40-25-29-42(30-26-40)49(22-18-11-8-3)46-34-32-44(51)36-38(46)5/h23-36,47-49H,6-22,50-51H2,1-5H3. The molecule has 0 bridgehead atoms. The Hall–Kier alpha value is -3.52. The number of anilines is 2. The van der Waals surface area contributed by atoms with Crippen molar-refractivity contribution in [2.75, 3.05) is 11.5 Å². The van der Waals surface area contributed by atoms with Gasteiger partial charge in [-0.15, -0.1) is 0 Å². The van der Waals surface area contributed by atoms with Crippen LogP contribution in [0.3, 0.4) is 0 Å². The molecular weight excluding hydrogens is 617 g/mol. The molecule has 2 unspecified atom stereocenters. The largest absolute Gasteiger partial charge is 0.399 e. The smallest absolute Gasteiger partial charge is 0.0316 e. The van der Waals surface area contributed by atoms with Gasteiger partial charge < -0.3 is 11.5 Å². The van der Waals surface area contributed by atoms with E-state index in [2.05, 4.69) is 120 Å². The Morgan fingerprint density at radius 3 is 1.04 bits per heavy atom. The van der Waals surface area contributed by atoms with Crippen LogP contribution in [0.4, 0.5) is 11.4 Å². The second-order valence-corrected chi connectivity index (χ2v) is 15.5. The zero-order chi connectivity index (χ0) is 36.4. The zero-order valence-corrected chi connectivity index (χ0v) is 33.0. The summed E-state index contributed by atoms with van der Waals surface area (Å²) >= 11 is 0. The fourth-order valence-electron chi connectivity index (χ4n) is 8.31. The van der Waals surface area contributed by atoms with Crippen molar-refractivity contribution in [1.82, 2.24) is 0 Å². The van der Waals surface area contributed by atoms with Gasteiger partial charge in [-0.3, -0.25) is 0 Å². The Morgan fingerprint density at radius 1 is 0.373 bits per heavy atom. The van der Waals surface area contributed by atoms with Crippen LogP contribution in [0.15, 0.2) is 84.9 Å². The molecule has 2 heteroatoms. The fraction of sp³-hybridized carbons (Fsp3) is 0.510. The quantitative estimate of drug-likeness (QED) is 0.0603. The van der Waals surface area contributed by atoms with E-state index in [0.717, 1.165) is 11.4 Å². The second kappa shape index (κ2) is 21.8. The van der Waals surface area contributed by atoms with Gasteiger partial charge in [-0.2, -0.15) is 0 Å². The lowest BCUT2D eigenvalue weighted by Crippen LogP contribution is -2.07. The van der Waals surface area contributed by atoms with E-state index < -0.39 is 0 Å². The van der Waals surface area contributed by atoms with E-state index in [4.69, 9.17) is 11.5 Å². The maximum absolute atomic E-state index is 6.17. The van der Waals surface area contributed by atoms with Gasteiger partial charge in [0.2, 0.25) is 0 Å². The highest BCUT2D eigenvalue weighted by Crippen LogP contribution is 2.38. The number of hydrogen-bond acceptors (Lipinski definition) is 2. The zero-order valence-electron chi connectivity index (χ0n) is 33.0. The average Bonchev–Trinajstić information content (AvgIpc) is 3.13. The van der Waals surface area contributed by atoms with Crippen LogP contribution in [0.5, 0.6) is 0 Å². The third-order valence-electron chi connectivity index (χ3n) is 11.4. The van der Waals surface area contributed by atoms with E-state index in [0.29, 0.717) is 17.8 Å². The van der Waals surface area contributed by atoms with Gasteiger partial charge in [-0.05, 0) is 102 Å². The summed E-state index contributed by atoms with van der Waals surface area (Å²) in [5.41, 5.74) is 25.2. The van der Waals surface area contributed by atoms with Gasteiger partial charge in [0.25, 0.3) is 0 Å². The summed E-state index contributed by atoms with van der Waals surface area (Å²) in [6, 6.07) is 32.5. The van der Waals surface area contributed by atoms with Gasteiger partial charge in [0, 0.05) is 29.1 Å². The average molecular weight is 687 g/mol. The maximum Gasteiger partial charge on any atom is 0.0316 e. The van der Waals surface area contributed by atoms with E-state index in [1.807, 2.05) is 0 Å². The summed E-state index contributed by atoms with van der Waals surface area (Å²) in [6.45, 7) is 11.3. The molecule has 0 aromatic heterocycles. The van der Waals surface area contributed by atoms with Gasteiger partial charge in [-0.1, -0.05) is 171 Å². The number of unbranched alkanes of at least 4 members (excludes halogenated alkanes) is 11. The molecule has 0 aliphatic rings. The molecule has 0 saturated heterocycles. The summed E-state index contributed by atoms with van der Waals surface area (Å²) in [5.74, 6) is 1.21. The Labute approximate surface area is 312 Å². The molecular formula is C49H70N2. The van der Waals surface area contributed by atoms with Crippen LogP contribution < -0.4 is 11.5 Å². The number of rotatable bonds is 23. The minimum Gasteiger partial charge on any atom is -0.399 e. The van der Waals surface area contributed by atoms with Crippen molar-refractivity contribution in [3.63, 3.8) is 0 Å². The molecule has 4 aromatic rings. The summed E-state index contributed by atoms with van der Waals surface area (Å²) in [5, 5.41) is 0. The minimum absolute atomic E-state index is 0.401. The second-order valence-electron chi connectivity index (χ2n) is 15.5. The van der Waals surface area contributed by atoms with Crippen molar-refractivity contribution in [1.29, 1.82) is 0 Å². The first kappa shape index (κ1) is 40.3. The lowest BCUT2D eigenvalue weighted by Gasteiger charge is -2.24. The van der Waals surface area contributed by atoms with Crippen molar-refractivity contribution in [2.45, 2.75) is 162 Å². The number of hydrogen-bond donors (Lipinski definition) is 2.